The Morgan fingerprint density at radius 2 is 2.19 bits per heavy atom. The summed E-state index contributed by atoms with van der Waals surface area (Å²) in [6.45, 7) is 4.73. The Hall–Kier alpha value is -2.07. The second kappa shape index (κ2) is 7.09. The van der Waals surface area contributed by atoms with Crippen molar-refractivity contribution in [1.82, 2.24) is 15.1 Å². The highest BCUT2D eigenvalue weighted by Crippen LogP contribution is 2.16. The number of benzene rings is 1. The number of rotatable bonds is 5. The van der Waals surface area contributed by atoms with Gasteiger partial charge in [0.2, 0.25) is 5.91 Å². The largest absolute Gasteiger partial charge is 0.344 e. The highest BCUT2D eigenvalue weighted by Gasteiger charge is 2.11. The molecule has 0 aliphatic carbocycles. The van der Waals surface area contributed by atoms with Crippen LogP contribution in [0.25, 0.3) is 6.08 Å². The van der Waals surface area contributed by atoms with E-state index in [1.807, 2.05) is 42.8 Å². The van der Waals surface area contributed by atoms with Crippen molar-refractivity contribution in [1.29, 1.82) is 0 Å². The standard InChI is InChI=1S/C16H18ClN3O/c1-3-20-15(10-11-18-20)12(2)19-16(21)9-8-13-6-4-5-7-14(13)17/h4-12H,3H2,1-2H3,(H,19,21)/b9-8+. The number of nitrogens with zero attached hydrogens (tertiary/aromatic N) is 2. The third-order valence-electron chi connectivity index (χ3n) is 3.17. The van der Waals surface area contributed by atoms with Crippen LogP contribution in [0.2, 0.25) is 5.02 Å². The highest BCUT2D eigenvalue weighted by atomic mass is 35.5. The Labute approximate surface area is 129 Å². The Morgan fingerprint density at radius 3 is 2.90 bits per heavy atom. The number of aromatic nitrogens is 2. The minimum atomic E-state index is -0.161. The van der Waals surface area contributed by atoms with Crippen LogP contribution in [0, 0.1) is 0 Å². The number of amides is 1. The van der Waals surface area contributed by atoms with Crippen molar-refractivity contribution in [3.8, 4) is 0 Å². The van der Waals surface area contributed by atoms with E-state index in [0.29, 0.717) is 5.02 Å². The minimum absolute atomic E-state index is 0.101. The zero-order valence-electron chi connectivity index (χ0n) is 12.1. The molecule has 0 radical (unpaired) electrons. The van der Waals surface area contributed by atoms with Gasteiger partial charge in [0.15, 0.2) is 0 Å². The monoisotopic (exact) mass is 303 g/mol. The second-order valence-electron chi connectivity index (χ2n) is 4.66. The van der Waals surface area contributed by atoms with Crippen molar-refractivity contribution in [3.63, 3.8) is 0 Å². The minimum Gasteiger partial charge on any atom is -0.344 e. The number of carbonyl (C=O) groups is 1. The van der Waals surface area contributed by atoms with Crippen molar-refractivity contribution in [2.24, 2.45) is 0 Å². The molecular weight excluding hydrogens is 286 g/mol. The molecule has 1 unspecified atom stereocenters. The van der Waals surface area contributed by atoms with E-state index in [4.69, 9.17) is 11.6 Å². The van der Waals surface area contributed by atoms with Gasteiger partial charge in [0.05, 0.1) is 11.7 Å². The van der Waals surface area contributed by atoms with E-state index in [9.17, 15) is 4.79 Å². The Balaban J connectivity index is 2.00. The first-order valence-corrected chi connectivity index (χ1v) is 7.24. The van der Waals surface area contributed by atoms with Crippen molar-refractivity contribution in [2.75, 3.05) is 0 Å². The third-order valence-corrected chi connectivity index (χ3v) is 3.52. The van der Waals surface area contributed by atoms with Gasteiger partial charge in [-0.05, 0) is 37.6 Å². The van der Waals surface area contributed by atoms with E-state index in [1.54, 1.807) is 18.3 Å². The molecule has 2 rings (SSSR count). The summed E-state index contributed by atoms with van der Waals surface area (Å²) in [5.41, 5.74) is 1.80. The van der Waals surface area contributed by atoms with E-state index in [0.717, 1.165) is 17.8 Å². The van der Waals surface area contributed by atoms with Crippen LogP contribution >= 0.6 is 11.6 Å². The maximum Gasteiger partial charge on any atom is 0.244 e. The van der Waals surface area contributed by atoms with Crippen molar-refractivity contribution in [3.05, 3.63) is 58.9 Å². The quantitative estimate of drug-likeness (QED) is 0.860. The lowest BCUT2D eigenvalue weighted by molar-refractivity contribution is -0.117. The van der Waals surface area contributed by atoms with Crippen LogP contribution in [0.15, 0.2) is 42.6 Å². The molecule has 0 fully saturated rings. The van der Waals surface area contributed by atoms with Crippen molar-refractivity contribution >= 4 is 23.6 Å². The summed E-state index contributed by atoms with van der Waals surface area (Å²) in [6, 6.07) is 9.20. The van der Waals surface area contributed by atoms with E-state index >= 15 is 0 Å². The Bertz CT molecular complexity index is 648. The fraction of sp³-hybridized carbons (Fsp3) is 0.250. The number of hydrogen-bond donors (Lipinski definition) is 1. The second-order valence-corrected chi connectivity index (χ2v) is 5.06. The lowest BCUT2D eigenvalue weighted by Gasteiger charge is -2.14. The summed E-state index contributed by atoms with van der Waals surface area (Å²) in [5, 5.41) is 7.74. The van der Waals surface area contributed by atoms with E-state index in [-0.39, 0.29) is 11.9 Å². The van der Waals surface area contributed by atoms with Gasteiger partial charge in [0, 0.05) is 23.8 Å². The smallest absolute Gasteiger partial charge is 0.244 e. The molecule has 1 N–H and O–H groups in total. The van der Waals surface area contributed by atoms with Gasteiger partial charge in [0.25, 0.3) is 0 Å². The lowest BCUT2D eigenvalue weighted by Crippen LogP contribution is -2.26. The summed E-state index contributed by atoms with van der Waals surface area (Å²) >= 11 is 6.04. The normalized spacial score (nSPS) is 12.5. The van der Waals surface area contributed by atoms with Crippen LogP contribution in [0.1, 0.15) is 31.1 Å². The molecule has 1 aromatic heterocycles. The third kappa shape index (κ3) is 3.95. The van der Waals surface area contributed by atoms with Crippen LogP contribution in [0.5, 0.6) is 0 Å². The van der Waals surface area contributed by atoms with Crippen LogP contribution < -0.4 is 5.32 Å². The molecule has 0 saturated carbocycles. The first-order chi connectivity index (χ1) is 10.1. The van der Waals surface area contributed by atoms with Gasteiger partial charge in [-0.3, -0.25) is 9.48 Å². The van der Waals surface area contributed by atoms with Gasteiger partial charge >= 0.3 is 0 Å². The maximum absolute atomic E-state index is 12.0. The van der Waals surface area contributed by atoms with Crippen molar-refractivity contribution in [2.45, 2.75) is 26.4 Å². The summed E-state index contributed by atoms with van der Waals surface area (Å²) in [5.74, 6) is -0.161. The molecule has 0 spiro atoms. The van der Waals surface area contributed by atoms with Gasteiger partial charge < -0.3 is 5.32 Å². The first-order valence-electron chi connectivity index (χ1n) is 6.86. The van der Waals surface area contributed by atoms with Gasteiger partial charge in [-0.15, -0.1) is 0 Å². The number of nitrogens with one attached hydrogen (secondary N) is 1. The van der Waals surface area contributed by atoms with Gasteiger partial charge in [-0.1, -0.05) is 29.8 Å². The van der Waals surface area contributed by atoms with Crippen LogP contribution in [-0.4, -0.2) is 15.7 Å². The Kier molecular flexibility index (Phi) is 5.17. The van der Waals surface area contributed by atoms with Gasteiger partial charge in [0.1, 0.15) is 0 Å². The van der Waals surface area contributed by atoms with Gasteiger partial charge in [-0.25, -0.2) is 0 Å². The molecular formula is C16H18ClN3O. The molecule has 0 aliphatic heterocycles. The molecule has 1 atom stereocenters. The van der Waals surface area contributed by atoms with Crippen LogP contribution in [0.3, 0.4) is 0 Å². The molecule has 5 heteroatoms. The maximum atomic E-state index is 12.0. The topological polar surface area (TPSA) is 46.9 Å². The molecule has 110 valence electrons. The van der Waals surface area contributed by atoms with Gasteiger partial charge in [-0.2, -0.15) is 5.10 Å². The van der Waals surface area contributed by atoms with Crippen LogP contribution in [-0.2, 0) is 11.3 Å². The lowest BCUT2D eigenvalue weighted by atomic mass is 10.2. The number of halogens is 1. The molecule has 4 nitrogen and oxygen atoms in total. The first kappa shape index (κ1) is 15.3. The fourth-order valence-corrected chi connectivity index (χ4v) is 2.28. The summed E-state index contributed by atoms with van der Waals surface area (Å²) in [6.07, 6.45) is 4.94. The Morgan fingerprint density at radius 1 is 1.43 bits per heavy atom. The summed E-state index contributed by atoms with van der Waals surface area (Å²) < 4.78 is 1.86. The highest BCUT2D eigenvalue weighted by molar-refractivity contribution is 6.32. The fourth-order valence-electron chi connectivity index (χ4n) is 2.09. The number of hydrogen-bond acceptors (Lipinski definition) is 2. The molecule has 0 aliphatic rings. The summed E-state index contributed by atoms with van der Waals surface area (Å²) in [4.78, 5) is 12.0. The molecule has 1 aromatic carbocycles. The number of carbonyl (C=O) groups excluding carboxylic acids is 1. The number of aryl methyl sites for hydroxylation is 1. The van der Waals surface area contributed by atoms with E-state index < -0.39 is 0 Å². The molecule has 1 amide bonds. The average molecular weight is 304 g/mol. The molecule has 1 heterocycles. The molecule has 0 saturated heterocycles. The predicted octanol–water partition coefficient (Wildman–Crippen LogP) is 3.45. The van der Waals surface area contributed by atoms with E-state index in [1.165, 1.54) is 6.08 Å². The van der Waals surface area contributed by atoms with Crippen molar-refractivity contribution < 1.29 is 4.79 Å². The average Bonchev–Trinajstić information content (AvgIpc) is 2.95. The molecule has 0 bridgehead atoms. The zero-order chi connectivity index (χ0) is 15.2. The zero-order valence-corrected chi connectivity index (χ0v) is 12.8. The summed E-state index contributed by atoms with van der Waals surface area (Å²) in [7, 11) is 0. The van der Waals surface area contributed by atoms with Crippen LogP contribution in [0.4, 0.5) is 0 Å². The van der Waals surface area contributed by atoms with E-state index in [2.05, 4.69) is 10.4 Å². The molecule has 21 heavy (non-hydrogen) atoms. The SMILES string of the molecule is CCn1nccc1C(C)NC(=O)/C=C/c1ccccc1Cl. The predicted molar refractivity (Wildman–Crippen MR) is 84.9 cm³/mol. The molecule has 2 aromatic rings.